The van der Waals surface area contributed by atoms with Gasteiger partial charge in [0.25, 0.3) is 5.91 Å². The van der Waals surface area contributed by atoms with Gasteiger partial charge in [-0.25, -0.2) is 9.59 Å². The summed E-state index contributed by atoms with van der Waals surface area (Å²) in [6.45, 7) is 0.615. The molecule has 0 saturated carbocycles. The van der Waals surface area contributed by atoms with E-state index in [1.165, 1.54) is 16.7 Å². The normalized spacial score (nSPS) is 35.0. The molecule has 9 nitrogen and oxygen atoms in total. The Labute approximate surface area is 141 Å². The van der Waals surface area contributed by atoms with Gasteiger partial charge in [-0.15, -0.1) is 11.8 Å². The second-order valence-electron chi connectivity index (χ2n) is 6.33. The Morgan fingerprint density at radius 1 is 1.25 bits per heavy atom. The fourth-order valence-electron chi connectivity index (χ4n) is 3.72. The van der Waals surface area contributed by atoms with Gasteiger partial charge in [-0.1, -0.05) is 0 Å². The van der Waals surface area contributed by atoms with Gasteiger partial charge < -0.3 is 20.6 Å². The standard InChI is InChI=1S/C14H16N4O5S/c19-9-2-5-1-8(11(13(21)22)18(5)9)24-6-3-7(15-4-6)10-12(20)17-14(23)16-10/h5-7,10,15H,1-4H2,(H,21,22)(H2,16,17,20,23). The summed E-state index contributed by atoms with van der Waals surface area (Å²) in [4.78, 5) is 48.2. The molecular formula is C14H16N4O5S. The molecule has 0 bridgehead atoms. The van der Waals surface area contributed by atoms with Crippen molar-refractivity contribution in [1.82, 2.24) is 20.9 Å². The monoisotopic (exact) mass is 352 g/mol. The third kappa shape index (κ3) is 2.37. The lowest BCUT2D eigenvalue weighted by atomic mass is 10.0. The Morgan fingerprint density at radius 2 is 2.04 bits per heavy atom. The molecule has 0 spiro atoms. The molecule has 4 heterocycles. The van der Waals surface area contributed by atoms with Gasteiger partial charge in [0.05, 0.1) is 6.04 Å². The van der Waals surface area contributed by atoms with Crippen LogP contribution in [0.15, 0.2) is 10.6 Å². The number of thioether (sulfide) groups is 1. The van der Waals surface area contributed by atoms with Crippen LogP contribution < -0.4 is 16.0 Å². The van der Waals surface area contributed by atoms with Crippen LogP contribution in [0.4, 0.5) is 4.79 Å². The lowest BCUT2D eigenvalue weighted by Crippen LogP contribution is -2.49. The summed E-state index contributed by atoms with van der Waals surface area (Å²) < 4.78 is 0. The smallest absolute Gasteiger partial charge is 0.353 e. The van der Waals surface area contributed by atoms with Crippen LogP contribution in [0.2, 0.25) is 0 Å². The number of carboxylic acids is 1. The third-order valence-electron chi connectivity index (χ3n) is 4.81. The van der Waals surface area contributed by atoms with Gasteiger partial charge in [0.1, 0.15) is 11.7 Å². The van der Waals surface area contributed by atoms with Crippen LogP contribution in [0.5, 0.6) is 0 Å². The van der Waals surface area contributed by atoms with Crippen molar-refractivity contribution < 1.29 is 24.3 Å². The molecular weight excluding hydrogens is 336 g/mol. The van der Waals surface area contributed by atoms with Crippen molar-refractivity contribution >= 4 is 35.6 Å². The lowest BCUT2D eigenvalue weighted by Gasteiger charge is -2.34. The summed E-state index contributed by atoms with van der Waals surface area (Å²) in [5.74, 6) is -1.55. The maximum atomic E-state index is 11.7. The maximum absolute atomic E-state index is 11.7. The van der Waals surface area contributed by atoms with E-state index in [-0.39, 0.29) is 34.8 Å². The second kappa shape index (κ2) is 5.49. The van der Waals surface area contributed by atoms with Crippen LogP contribution in [0.25, 0.3) is 0 Å². The molecule has 128 valence electrons. The van der Waals surface area contributed by atoms with Crippen molar-refractivity contribution in [1.29, 1.82) is 0 Å². The summed E-state index contributed by atoms with van der Waals surface area (Å²) in [6, 6.07) is -1.28. The highest BCUT2D eigenvalue weighted by Gasteiger charge is 2.48. The van der Waals surface area contributed by atoms with Crippen LogP contribution in [-0.2, 0) is 14.4 Å². The Hall–Kier alpha value is -2.07. The zero-order chi connectivity index (χ0) is 17.0. The predicted molar refractivity (Wildman–Crippen MR) is 82.8 cm³/mol. The number of amides is 4. The topological polar surface area (TPSA) is 128 Å². The van der Waals surface area contributed by atoms with Crippen LogP contribution in [0.1, 0.15) is 19.3 Å². The molecule has 0 aromatic heterocycles. The summed E-state index contributed by atoms with van der Waals surface area (Å²) in [7, 11) is 0. The number of hydrogen-bond acceptors (Lipinski definition) is 6. The van der Waals surface area contributed by atoms with E-state index in [9.17, 15) is 24.3 Å². The number of aliphatic carboxylic acids is 1. The molecule has 3 saturated heterocycles. The minimum absolute atomic E-state index is 0.0174. The van der Waals surface area contributed by atoms with Crippen LogP contribution in [0, 0.1) is 0 Å². The largest absolute Gasteiger partial charge is 0.477 e. The number of nitrogens with zero attached hydrogens (tertiary/aromatic N) is 1. The average Bonchev–Trinajstić information content (AvgIpc) is 3.16. The quantitative estimate of drug-likeness (QED) is 0.376. The first kappa shape index (κ1) is 15.5. The van der Waals surface area contributed by atoms with Crippen molar-refractivity contribution in [3.63, 3.8) is 0 Å². The van der Waals surface area contributed by atoms with E-state index in [1.54, 1.807) is 0 Å². The second-order valence-corrected chi connectivity index (χ2v) is 7.73. The maximum Gasteiger partial charge on any atom is 0.353 e. The van der Waals surface area contributed by atoms with Gasteiger partial charge in [-0.2, -0.15) is 0 Å². The van der Waals surface area contributed by atoms with Gasteiger partial charge >= 0.3 is 12.0 Å². The highest BCUT2D eigenvalue weighted by atomic mass is 32.2. The molecule has 0 aromatic rings. The Kier molecular flexibility index (Phi) is 3.53. The van der Waals surface area contributed by atoms with Crippen molar-refractivity contribution in [3.8, 4) is 0 Å². The van der Waals surface area contributed by atoms with Crippen LogP contribution in [-0.4, -0.2) is 63.7 Å². The highest BCUT2D eigenvalue weighted by Crippen LogP contribution is 2.45. The lowest BCUT2D eigenvalue weighted by molar-refractivity contribution is -0.147. The fraction of sp³-hybridized carbons (Fsp3) is 0.571. The molecule has 4 atom stereocenters. The fourth-order valence-corrected chi connectivity index (χ4v) is 5.19. The number of urea groups is 1. The molecule has 4 unspecified atom stereocenters. The molecule has 0 aromatic carbocycles. The first-order valence-electron chi connectivity index (χ1n) is 7.74. The summed E-state index contributed by atoms with van der Waals surface area (Å²) >= 11 is 1.46. The predicted octanol–water partition coefficient (Wildman–Crippen LogP) is -1.04. The molecule has 4 aliphatic rings. The number of carboxylic acid groups (broad SMARTS) is 1. The van der Waals surface area contributed by atoms with E-state index < -0.39 is 18.0 Å². The average molecular weight is 352 g/mol. The highest BCUT2D eigenvalue weighted by molar-refractivity contribution is 8.03. The molecule has 10 heteroatoms. The van der Waals surface area contributed by atoms with Crippen molar-refractivity contribution in [2.75, 3.05) is 6.54 Å². The molecule has 0 radical (unpaired) electrons. The van der Waals surface area contributed by atoms with Gasteiger partial charge in [-0.3, -0.25) is 14.9 Å². The SMILES string of the molecule is O=C1NC(=O)C(C2CC(SC3=C(C(=O)O)N4C(=O)CC4C3)CN2)N1. The number of carbonyl (C=O) groups is 4. The first-order valence-corrected chi connectivity index (χ1v) is 8.62. The molecule has 24 heavy (non-hydrogen) atoms. The molecule has 4 amide bonds. The van der Waals surface area contributed by atoms with E-state index in [4.69, 9.17) is 0 Å². The van der Waals surface area contributed by atoms with Gasteiger partial charge in [0.2, 0.25) is 5.91 Å². The minimum atomic E-state index is -1.07. The van der Waals surface area contributed by atoms with E-state index in [0.717, 1.165) is 4.91 Å². The molecule has 0 aliphatic carbocycles. The van der Waals surface area contributed by atoms with Crippen molar-refractivity contribution in [2.24, 2.45) is 0 Å². The van der Waals surface area contributed by atoms with Crippen LogP contribution >= 0.6 is 11.8 Å². The Morgan fingerprint density at radius 3 is 2.67 bits per heavy atom. The molecule has 3 fully saturated rings. The van der Waals surface area contributed by atoms with Gasteiger partial charge in [0, 0.05) is 35.6 Å². The van der Waals surface area contributed by atoms with E-state index in [1.807, 2.05) is 0 Å². The van der Waals surface area contributed by atoms with Crippen molar-refractivity contribution in [2.45, 2.75) is 42.6 Å². The van der Waals surface area contributed by atoms with Crippen LogP contribution in [0.3, 0.4) is 0 Å². The van der Waals surface area contributed by atoms with Crippen molar-refractivity contribution in [3.05, 3.63) is 10.6 Å². The molecule has 4 rings (SSSR count). The number of rotatable bonds is 4. The zero-order valence-electron chi connectivity index (χ0n) is 12.6. The third-order valence-corrected chi connectivity index (χ3v) is 6.15. The number of imide groups is 1. The van der Waals surface area contributed by atoms with E-state index >= 15 is 0 Å². The number of hydrogen-bond donors (Lipinski definition) is 4. The summed E-state index contributed by atoms with van der Waals surface area (Å²) in [5, 5.41) is 17.5. The Balaban J connectivity index is 1.44. The number of carbonyl (C=O) groups excluding carboxylic acids is 3. The summed E-state index contributed by atoms with van der Waals surface area (Å²) in [5.41, 5.74) is 0.108. The van der Waals surface area contributed by atoms with E-state index in [2.05, 4.69) is 16.0 Å². The molecule has 4 N–H and O–H groups in total. The Bertz CT molecular complexity index is 693. The zero-order valence-corrected chi connectivity index (χ0v) is 13.4. The molecule has 4 aliphatic heterocycles. The first-order chi connectivity index (χ1) is 11.4. The summed E-state index contributed by atoms with van der Waals surface area (Å²) in [6.07, 6.45) is 1.62. The van der Waals surface area contributed by atoms with Gasteiger partial charge in [-0.05, 0) is 6.42 Å². The number of fused-ring (bicyclic) bond motifs is 1. The number of β-lactam (4-membered cyclic amide) rings is 1. The van der Waals surface area contributed by atoms with E-state index in [0.29, 0.717) is 25.8 Å². The van der Waals surface area contributed by atoms with Gasteiger partial charge in [0.15, 0.2) is 0 Å². The minimum Gasteiger partial charge on any atom is -0.477 e. The number of nitrogens with one attached hydrogen (secondary N) is 3.